The van der Waals surface area contributed by atoms with Crippen molar-refractivity contribution in [1.82, 2.24) is 24.1 Å². The van der Waals surface area contributed by atoms with Crippen LogP contribution in [-0.4, -0.2) is 24.1 Å². The second-order valence-corrected chi connectivity index (χ2v) is 18.6. The summed E-state index contributed by atoms with van der Waals surface area (Å²) in [6, 6.07) is 85.9. The van der Waals surface area contributed by atoms with Gasteiger partial charge in [-0.1, -0.05) is 194 Å². The summed E-state index contributed by atoms with van der Waals surface area (Å²) < 4.78 is 4.65. The number of rotatable bonds is 6. The van der Waals surface area contributed by atoms with Gasteiger partial charge >= 0.3 is 0 Å². The summed E-state index contributed by atoms with van der Waals surface area (Å²) in [5, 5.41) is 4.82. The van der Waals surface area contributed by atoms with Crippen molar-refractivity contribution in [3.05, 3.63) is 270 Å². The summed E-state index contributed by atoms with van der Waals surface area (Å²) in [6.07, 6.45) is 0. The van der Waals surface area contributed by atoms with E-state index in [1.807, 2.05) is 36.4 Å². The molecule has 0 spiro atoms. The Morgan fingerprint density at radius 3 is 1.41 bits per heavy atom. The highest BCUT2D eigenvalue weighted by atomic mass is 15.2. The minimum Gasteiger partial charge on any atom is -0.309 e. The minimum atomic E-state index is 0.0577. The number of aromatic nitrogens is 5. The average molecular weight is 892 g/mol. The molecule has 0 saturated carbocycles. The summed E-state index contributed by atoms with van der Waals surface area (Å²) in [6.45, 7) is 0. The Morgan fingerprint density at radius 2 is 0.786 bits per heavy atom. The van der Waals surface area contributed by atoms with Crippen LogP contribution in [-0.2, 0) is 0 Å². The van der Waals surface area contributed by atoms with E-state index in [1.165, 1.54) is 77.4 Å². The number of fused-ring (bicyclic) bond motifs is 6. The predicted molar refractivity (Wildman–Crippen MR) is 285 cm³/mol. The Balaban J connectivity index is 0.987. The van der Waals surface area contributed by atoms with E-state index in [-0.39, 0.29) is 11.8 Å². The highest BCUT2D eigenvalue weighted by molar-refractivity contribution is 6.16. The van der Waals surface area contributed by atoms with Gasteiger partial charge in [-0.2, -0.15) is 9.97 Å². The lowest BCUT2D eigenvalue weighted by molar-refractivity contribution is 0.758. The number of hydrogen-bond acceptors (Lipinski definition) is 3. The molecule has 3 aliphatic rings. The molecule has 2 bridgehead atoms. The van der Waals surface area contributed by atoms with Gasteiger partial charge in [0.2, 0.25) is 5.95 Å². The zero-order valence-corrected chi connectivity index (χ0v) is 37.9. The summed E-state index contributed by atoms with van der Waals surface area (Å²) in [7, 11) is 0. The van der Waals surface area contributed by atoms with Gasteiger partial charge in [-0.15, -0.1) is 0 Å². The normalized spacial score (nSPS) is 14.6. The van der Waals surface area contributed by atoms with Crippen molar-refractivity contribution in [3.8, 4) is 56.7 Å². The first-order chi connectivity index (χ1) is 34.8. The zero-order chi connectivity index (χ0) is 45.9. The van der Waals surface area contributed by atoms with Gasteiger partial charge in [-0.05, 0) is 98.1 Å². The Labute approximate surface area is 404 Å². The molecule has 5 heteroatoms. The van der Waals surface area contributed by atoms with Crippen molar-refractivity contribution in [2.45, 2.75) is 11.8 Å². The Kier molecular flexibility index (Phi) is 8.42. The third-order valence-electron chi connectivity index (χ3n) is 15.0. The third-order valence-corrected chi connectivity index (χ3v) is 15.0. The summed E-state index contributed by atoms with van der Waals surface area (Å²) in [5.74, 6) is 1.97. The van der Waals surface area contributed by atoms with Crippen LogP contribution in [0.3, 0.4) is 0 Å². The molecule has 0 saturated heterocycles. The standard InChI is InChI=1S/C65H41N5/c1-4-19-40(20-5-1)63-66-64(41-21-6-2-7-22-41)68-65(67-63)70-54-32-16-14-25-45(54)53-39-42(35-38-56(53)70)44-36-37-51(62-60-49-28-12-10-26-47(49)59(61(44)62)48-27-11-13-29-50(48)60)46-31-18-34-57-58(46)52-30-15-17-33-55(52)69(57)43-23-8-3-9-24-43/h1-39,59-60H. The molecular weight excluding hydrogens is 851 g/mol. The second kappa shape index (κ2) is 15.2. The topological polar surface area (TPSA) is 48.5 Å². The molecule has 3 aromatic heterocycles. The lowest BCUT2D eigenvalue weighted by atomic mass is 9.58. The van der Waals surface area contributed by atoms with Gasteiger partial charge in [0.15, 0.2) is 11.6 Å². The lowest BCUT2D eigenvalue weighted by Crippen LogP contribution is -2.28. The molecule has 3 heterocycles. The number of benzene rings is 10. The monoisotopic (exact) mass is 891 g/mol. The Bertz CT molecular complexity index is 4140. The number of hydrogen-bond donors (Lipinski definition) is 0. The van der Waals surface area contributed by atoms with Crippen LogP contribution in [0, 0.1) is 0 Å². The fourth-order valence-corrected chi connectivity index (χ4v) is 12.1. The van der Waals surface area contributed by atoms with Crippen LogP contribution in [0.25, 0.3) is 100 Å². The molecule has 0 unspecified atom stereocenters. The van der Waals surface area contributed by atoms with E-state index in [0.717, 1.165) is 38.6 Å². The average Bonchev–Trinajstić information content (AvgIpc) is 3.96. The quantitative estimate of drug-likeness (QED) is 0.167. The third kappa shape index (κ3) is 5.63. The van der Waals surface area contributed by atoms with Crippen LogP contribution in [0.5, 0.6) is 0 Å². The highest BCUT2D eigenvalue weighted by Crippen LogP contribution is 2.60. The first-order valence-electron chi connectivity index (χ1n) is 24.1. The van der Waals surface area contributed by atoms with Gasteiger partial charge < -0.3 is 4.57 Å². The molecule has 5 nitrogen and oxygen atoms in total. The summed E-state index contributed by atoms with van der Waals surface area (Å²) in [4.78, 5) is 15.5. The Hall–Kier alpha value is -9.19. The molecule has 326 valence electrons. The van der Waals surface area contributed by atoms with Gasteiger partial charge in [-0.25, -0.2) is 4.98 Å². The fraction of sp³-hybridized carbons (Fsp3) is 0.0308. The van der Waals surface area contributed by atoms with E-state index in [0.29, 0.717) is 17.6 Å². The maximum Gasteiger partial charge on any atom is 0.238 e. The first kappa shape index (κ1) is 38.9. The molecule has 0 radical (unpaired) electrons. The van der Waals surface area contributed by atoms with E-state index in [4.69, 9.17) is 15.0 Å². The lowest BCUT2D eigenvalue weighted by Gasteiger charge is -2.44. The van der Waals surface area contributed by atoms with Crippen LogP contribution in [0.2, 0.25) is 0 Å². The molecule has 0 N–H and O–H groups in total. The van der Waals surface area contributed by atoms with Crippen LogP contribution >= 0.6 is 0 Å². The van der Waals surface area contributed by atoms with E-state index in [9.17, 15) is 0 Å². The summed E-state index contributed by atoms with van der Waals surface area (Å²) >= 11 is 0. The van der Waals surface area contributed by atoms with Crippen molar-refractivity contribution in [2.24, 2.45) is 0 Å². The molecule has 0 atom stereocenters. The molecule has 3 aliphatic carbocycles. The van der Waals surface area contributed by atoms with Crippen molar-refractivity contribution in [1.29, 1.82) is 0 Å². The highest BCUT2D eigenvalue weighted by Gasteiger charge is 2.44. The second-order valence-electron chi connectivity index (χ2n) is 18.6. The van der Waals surface area contributed by atoms with Crippen LogP contribution in [0.4, 0.5) is 0 Å². The van der Waals surface area contributed by atoms with E-state index in [1.54, 1.807) is 0 Å². The molecular formula is C65H41N5. The largest absolute Gasteiger partial charge is 0.309 e. The maximum atomic E-state index is 5.22. The van der Waals surface area contributed by atoms with E-state index in [2.05, 4.69) is 209 Å². The van der Waals surface area contributed by atoms with Crippen LogP contribution in [0.1, 0.15) is 45.2 Å². The fourth-order valence-electron chi connectivity index (χ4n) is 12.1. The van der Waals surface area contributed by atoms with Gasteiger partial charge in [-0.3, -0.25) is 4.57 Å². The van der Waals surface area contributed by atoms with Gasteiger partial charge in [0, 0.05) is 50.2 Å². The predicted octanol–water partition coefficient (Wildman–Crippen LogP) is 15.7. The van der Waals surface area contributed by atoms with Crippen molar-refractivity contribution >= 4 is 43.6 Å². The van der Waals surface area contributed by atoms with Crippen molar-refractivity contribution in [2.75, 3.05) is 0 Å². The molecule has 70 heavy (non-hydrogen) atoms. The number of nitrogens with zero attached hydrogens (tertiary/aromatic N) is 5. The molecule has 16 rings (SSSR count). The SMILES string of the molecule is c1ccc(-c2nc(-c3ccccc3)nc(-n3c4ccccc4c4cc(-c5ccc(-c6cccc7c6c6ccccc6n7-c6ccccc6)c6c5C5c7ccccc7C6c6ccccc65)ccc43)n2)cc1. The van der Waals surface area contributed by atoms with Gasteiger partial charge in [0.1, 0.15) is 0 Å². The van der Waals surface area contributed by atoms with Crippen molar-refractivity contribution < 1.29 is 0 Å². The zero-order valence-electron chi connectivity index (χ0n) is 37.9. The molecule has 13 aromatic rings. The van der Waals surface area contributed by atoms with Gasteiger partial charge in [0.25, 0.3) is 0 Å². The van der Waals surface area contributed by atoms with Gasteiger partial charge in [0.05, 0.1) is 22.1 Å². The van der Waals surface area contributed by atoms with Crippen LogP contribution in [0.15, 0.2) is 237 Å². The Morgan fingerprint density at radius 1 is 0.300 bits per heavy atom. The molecule has 0 aliphatic heterocycles. The minimum absolute atomic E-state index is 0.0577. The van der Waals surface area contributed by atoms with Crippen molar-refractivity contribution in [3.63, 3.8) is 0 Å². The number of para-hydroxylation sites is 3. The summed E-state index contributed by atoms with van der Waals surface area (Å²) in [5.41, 5.74) is 20.9. The van der Waals surface area contributed by atoms with E-state index < -0.39 is 0 Å². The molecule has 0 amide bonds. The smallest absolute Gasteiger partial charge is 0.238 e. The van der Waals surface area contributed by atoms with E-state index >= 15 is 0 Å². The first-order valence-corrected chi connectivity index (χ1v) is 24.1. The van der Waals surface area contributed by atoms with Crippen LogP contribution < -0.4 is 0 Å². The maximum absolute atomic E-state index is 5.22. The molecule has 10 aromatic carbocycles. The molecule has 0 fully saturated rings.